The van der Waals surface area contributed by atoms with Gasteiger partial charge in [-0.05, 0) is 18.6 Å². The number of phosphoric acid groups is 1. The Hall–Kier alpha value is -0.990. The van der Waals surface area contributed by atoms with Gasteiger partial charge in [0, 0.05) is 0 Å². The smallest absolute Gasteiger partial charge is 0.469 e. The number of rotatable bonds is 24. The highest BCUT2D eigenvalue weighted by molar-refractivity contribution is 7.46. The fourth-order valence-corrected chi connectivity index (χ4v) is 3.99. The maximum absolute atomic E-state index is 11.2. The monoisotopic (exact) mass is 504 g/mol. The van der Waals surface area contributed by atoms with Gasteiger partial charge in [-0.2, -0.15) is 0 Å². The molecule has 9 heteroatoms. The predicted octanol–water partition coefficient (Wildman–Crippen LogP) is 5.51. The highest BCUT2D eigenvalue weighted by Gasteiger charge is 2.22. The van der Waals surface area contributed by atoms with E-state index in [4.69, 9.17) is 33.3 Å². The van der Waals surface area contributed by atoms with Gasteiger partial charge in [0.2, 0.25) is 0 Å². The van der Waals surface area contributed by atoms with Crippen molar-refractivity contribution in [1.29, 1.82) is 0 Å². The van der Waals surface area contributed by atoms with E-state index in [-0.39, 0.29) is 6.61 Å². The number of ether oxygens (including phenoxy) is 4. The van der Waals surface area contributed by atoms with Crippen LogP contribution in [0.25, 0.3) is 0 Å². The predicted molar refractivity (Wildman–Crippen MR) is 133 cm³/mol. The summed E-state index contributed by atoms with van der Waals surface area (Å²) in [6.45, 7) is 4.92. The van der Waals surface area contributed by atoms with Gasteiger partial charge in [0.15, 0.2) is 0 Å². The zero-order valence-electron chi connectivity index (χ0n) is 20.8. The number of para-hydroxylation sites is 1. The summed E-state index contributed by atoms with van der Waals surface area (Å²) in [5.41, 5.74) is 0. The molecule has 0 aliphatic heterocycles. The molecule has 8 nitrogen and oxygen atoms in total. The Bertz CT molecular complexity index is 610. The van der Waals surface area contributed by atoms with E-state index in [1.807, 2.05) is 30.3 Å². The van der Waals surface area contributed by atoms with Gasteiger partial charge in [-0.1, -0.05) is 82.9 Å². The first-order chi connectivity index (χ1) is 16.5. The molecule has 2 N–H and O–H groups in total. The Morgan fingerprint density at radius 1 is 0.735 bits per heavy atom. The second-order valence-electron chi connectivity index (χ2n) is 8.30. The minimum absolute atomic E-state index is 0.138. The molecule has 0 aromatic heterocycles. The van der Waals surface area contributed by atoms with Crippen molar-refractivity contribution in [3.63, 3.8) is 0 Å². The van der Waals surface area contributed by atoms with Crippen LogP contribution in [0.3, 0.4) is 0 Å². The maximum atomic E-state index is 11.2. The van der Waals surface area contributed by atoms with Gasteiger partial charge < -0.3 is 28.7 Å². The normalized spacial score (nSPS) is 12.7. The summed E-state index contributed by atoms with van der Waals surface area (Å²) >= 11 is 0. The standard InChI is InChI=1S/C25H45O8P/c1-2-3-4-5-6-7-8-9-11-16-25(33-34(26,27)28)23-31-20-19-29-17-18-30-21-22-32-24-14-12-10-13-15-24/h10,12-15,25H,2-9,11,16-23H2,1H3,(H2,26,27,28). The van der Waals surface area contributed by atoms with Crippen molar-refractivity contribution in [1.82, 2.24) is 0 Å². The van der Waals surface area contributed by atoms with Crippen LogP contribution in [-0.2, 0) is 23.3 Å². The van der Waals surface area contributed by atoms with Crippen molar-refractivity contribution < 1.29 is 37.8 Å². The number of benzene rings is 1. The summed E-state index contributed by atoms with van der Waals surface area (Å²) < 4.78 is 38.1. The van der Waals surface area contributed by atoms with Crippen molar-refractivity contribution in [3.05, 3.63) is 30.3 Å². The van der Waals surface area contributed by atoms with Gasteiger partial charge in [-0.15, -0.1) is 0 Å². The highest BCUT2D eigenvalue weighted by Crippen LogP contribution is 2.38. The van der Waals surface area contributed by atoms with Crippen LogP contribution in [0.15, 0.2) is 30.3 Å². The number of unbranched alkanes of at least 4 members (excludes halogenated alkanes) is 8. The Morgan fingerprint density at radius 3 is 1.85 bits per heavy atom. The largest absolute Gasteiger partial charge is 0.491 e. The molecular weight excluding hydrogens is 459 g/mol. The van der Waals surface area contributed by atoms with Crippen LogP contribution in [0.1, 0.15) is 71.1 Å². The molecule has 0 spiro atoms. The van der Waals surface area contributed by atoms with Crippen LogP contribution in [-0.4, -0.2) is 62.1 Å². The molecule has 0 amide bonds. The van der Waals surface area contributed by atoms with Gasteiger partial charge in [-0.25, -0.2) is 4.57 Å². The third-order valence-corrected chi connectivity index (χ3v) is 5.78. The topological polar surface area (TPSA) is 104 Å². The van der Waals surface area contributed by atoms with E-state index >= 15 is 0 Å². The van der Waals surface area contributed by atoms with E-state index in [9.17, 15) is 4.57 Å². The quantitative estimate of drug-likeness (QED) is 0.140. The van der Waals surface area contributed by atoms with E-state index in [2.05, 4.69) is 6.92 Å². The summed E-state index contributed by atoms with van der Waals surface area (Å²) in [6.07, 6.45) is 10.7. The fraction of sp³-hybridized carbons (Fsp3) is 0.760. The van der Waals surface area contributed by atoms with Crippen LogP contribution < -0.4 is 4.74 Å². The molecule has 0 saturated heterocycles. The van der Waals surface area contributed by atoms with Crippen molar-refractivity contribution in [2.75, 3.05) is 46.2 Å². The van der Waals surface area contributed by atoms with E-state index in [0.29, 0.717) is 46.1 Å². The zero-order chi connectivity index (χ0) is 24.7. The maximum Gasteiger partial charge on any atom is 0.469 e. The fourth-order valence-electron chi connectivity index (χ4n) is 3.43. The van der Waals surface area contributed by atoms with Crippen molar-refractivity contribution >= 4 is 7.82 Å². The highest BCUT2D eigenvalue weighted by atomic mass is 31.2. The lowest BCUT2D eigenvalue weighted by atomic mass is 10.1. The number of phosphoric ester groups is 1. The molecule has 1 atom stereocenters. The molecular formula is C25H45O8P. The van der Waals surface area contributed by atoms with Crippen molar-refractivity contribution in [3.8, 4) is 5.75 Å². The Balaban J connectivity index is 1.98. The van der Waals surface area contributed by atoms with Crippen LogP contribution in [0.2, 0.25) is 0 Å². The van der Waals surface area contributed by atoms with Gasteiger partial charge in [0.1, 0.15) is 12.4 Å². The lowest BCUT2D eigenvalue weighted by molar-refractivity contribution is -0.0136. The summed E-state index contributed by atoms with van der Waals surface area (Å²) in [5.74, 6) is 0.818. The second kappa shape index (κ2) is 21.3. The average molecular weight is 505 g/mol. The molecule has 0 heterocycles. The first-order valence-electron chi connectivity index (χ1n) is 12.7. The third kappa shape index (κ3) is 20.4. The summed E-state index contributed by atoms with van der Waals surface area (Å²) in [7, 11) is -4.54. The minimum Gasteiger partial charge on any atom is -0.491 e. The van der Waals surface area contributed by atoms with Crippen LogP contribution in [0.5, 0.6) is 5.75 Å². The summed E-state index contributed by atoms with van der Waals surface area (Å²) in [4.78, 5) is 18.3. The van der Waals surface area contributed by atoms with E-state index in [0.717, 1.165) is 25.0 Å². The lowest BCUT2D eigenvalue weighted by Crippen LogP contribution is -2.21. The third-order valence-electron chi connectivity index (χ3n) is 5.20. The van der Waals surface area contributed by atoms with Crippen LogP contribution in [0, 0.1) is 0 Å². The van der Waals surface area contributed by atoms with Gasteiger partial charge >= 0.3 is 7.82 Å². The summed E-state index contributed by atoms with van der Waals surface area (Å²) in [6, 6.07) is 9.57. The lowest BCUT2D eigenvalue weighted by Gasteiger charge is -2.18. The molecule has 0 radical (unpaired) electrons. The second-order valence-corrected chi connectivity index (χ2v) is 9.49. The van der Waals surface area contributed by atoms with Gasteiger partial charge in [0.25, 0.3) is 0 Å². The molecule has 0 fully saturated rings. The molecule has 1 rings (SSSR count). The molecule has 34 heavy (non-hydrogen) atoms. The molecule has 198 valence electrons. The molecule has 1 unspecified atom stereocenters. The Kier molecular flexibility index (Phi) is 19.5. The SMILES string of the molecule is CCCCCCCCCCCC(COCCOCCOCCOc1ccccc1)OP(=O)(O)O. The van der Waals surface area contributed by atoms with E-state index < -0.39 is 13.9 Å². The number of hydrogen-bond donors (Lipinski definition) is 2. The Morgan fingerprint density at radius 2 is 1.26 bits per heavy atom. The Labute approximate surface area is 205 Å². The zero-order valence-corrected chi connectivity index (χ0v) is 21.7. The molecule has 0 aliphatic carbocycles. The summed E-state index contributed by atoms with van der Waals surface area (Å²) in [5, 5.41) is 0. The molecule has 0 bridgehead atoms. The number of hydrogen-bond acceptors (Lipinski definition) is 6. The van der Waals surface area contributed by atoms with Crippen molar-refractivity contribution in [2.45, 2.75) is 77.2 Å². The van der Waals surface area contributed by atoms with Crippen LogP contribution >= 0.6 is 7.82 Å². The molecule has 1 aromatic rings. The average Bonchev–Trinajstić information content (AvgIpc) is 2.81. The van der Waals surface area contributed by atoms with E-state index in [1.165, 1.54) is 38.5 Å². The van der Waals surface area contributed by atoms with Crippen molar-refractivity contribution in [2.24, 2.45) is 0 Å². The van der Waals surface area contributed by atoms with E-state index in [1.54, 1.807) is 0 Å². The molecule has 0 saturated carbocycles. The van der Waals surface area contributed by atoms with Gasteiger partial charge in [-0.3, -0.25) is 4.52 Å². The first kappa shape index (κ1) is 31.0. The molecule has 1 aromatic carbocycles. The van der Waals surface area contributed by atoms with Gasteiger partial charge in [0.05, 0.1) is 45.7 Å². The first-order valence-corrected chi connectivity index (χ1v) is 14.2. The van der Waals surface area contributed by atoms with Crippen LogP contribution in [0.4, 0.5) is 0 Å². The minimum atomic E-state index is -4.54. The molecule has 0 aliphatic rings.